The minimum absolute atomic E-state index is 0.0551. The number of fused-ring (bicyclic) bond motifs is 1. The Morgan fingerprint density at radius 1 is 1.37 bits per heavy atom. The van der Waals surface area contributed by atoms with Gasteiger partial charge in [-0.25, -0.2) is 0 Å². The number of carbonyl (C=O) groups excluding carboxylic acids is 2. The Morgan fingerprint density at radius 3 is 2.74 bits per heavy atom. The Kier molecular flexibility index (Phi) is 3.60. The molecule has 102 valence electrons. The molecule has 1 aromatic rings. The first-order valence-corrected chi connectivity index (χ1v) is 6.52. The second-order valence-corrected chi connectivity index (χ2v) is 5.32. The SMILES string of the molecule is CCOC(=O)CC1c2ccccc2NC(=O)C1(C)C. The summed E-state index contributed by atoms with van der Waals surface area (Å²) in [6.07, 6.45) is 0.227. The van der Waals surface area contributed by atoms with Crippen molar-refractivity contribution in [1.29, 1.82) is 0 Å². The summed E-state index contributed by atoms with van der Waals surface area (Å²) in [6.45, 7) is 5.87. The number of nitrogens with one attached hydrogen (secondary N) is 1. The average molecular weight is 261 g/mol. The first-order chi connectivity index (χ1) is 8.96. The van der Waals surface area contributed by atoms with Gasteiger partial charge in [0, 0.05) is 11.6 Å². The van der Waals surface area contributed by atoms with Crippen molar-refractivity contribution >= 4 is 17.6 Å². The van der Waals surface area contributed by atoms with Crippen molar-refractivity contribution in [3.63, 3.8) is 0 Å². The van der Waals surface area contributed by atoms with E-state index in [-0.39, 0.29) is 24.2 Å². The molecule has 19 heavy (non-hydrogen) atoms. The molecule has 1 atom stereocenters. The number of rotatable bonds is 3. The summed E-state index contributed by atoms with van der Waals surface area (Å²) in [7, 11) is 0. The minimum Gasteiger partial charge on any atom is -0.466 e. The molecular weight excluding hydrogens is 242 g/mol. The van der Waals surface area contributed by atoms with Crippen molar-refractivity contribution in [3.8, 4) is 0 Å². The number of anilines is 1. The molecule has 0 saturated heterocycles. The van der Waals surface area contributed by atoms with E-state index in [2.05, 4.69) is 5.32 Å². The van der Waals surface area contributed by atoms with E-state index in [1.165, 1.54) is 0 Å². The molecule has 1 aliphatic rings. The van der Waals surface area contributed by atoms with Gasteiger partial charge in [0.15, 0.2) is 0 Å². The summed E-state index contributed by atoms with van der Waals surface area (Å²) in [5, 5.41) is 2.89. The van der Waals surface area contributed by atoms with Crippen LogP contribution in [0.5, 0.6) is 0 Å². The van der Waals surface area contributed by atoms with Crippen LogP contribution in [0.1, 0.15) is 38.7 Å². The van der Waals surface area contributed by atoms with Crippen LogP contribution in [0.2, 0.25) is 0 Å². The molecule has 0 bridgehead atoms. The van der Waals surface area contributed by atoms with Crippen LogP contribution >= 0.6 is 0 Å². The second-order valence-electron chi connectivity index (χ2n) is 5.32. The summed E-state index contributed by atoms with van der Waals surface area (Å²) >= 11 is 0. The van der Waals surface area contributed by atoms with Crippen LogP contribution < -0.4 is 5.32 Å². The Balaban J connectivity index is 2.37. The minimum atomic E-state index is -0.624. The van der Waals surface area contributed by atoms with E-state index < -0.39 is 5.41 Å². The molecule has 0 aromatic heterocycles. The van der Waals surface area contributed by atoms with Gasteiger partial charge in [0.25, 0.3) is 0 Å². The van der Waals surface area contributed by atoms with E-state index >= 15 is 0 Å². The van der Waals surface area contributed by atoms with Crippen molar-refractivity contribution in [2.75, 3.05) is 11.9 Å². The van der Waals surface area contributed by atoms with E-state index in [1.807, 2.05) is 38.1 Å². The Hall–Kier alpha value is -1.84. The molecule has 1 aromatic carbocycles. The molecule has 1 aliphatic heterocycles. The highest BCUT2D eigenvalue weighted by atomic mass is 16.5. The fraction of sp³-hybridized carbons (Fsp3) is 0.467. The molecule has 0 aliphatic carbocycles. The topological polar surface area (TPSA) is 55.4 Å². The molecule has 4 nitrogen and oxygen atoms in total. The molecule has 4 heteroatoms. The number of hydrogen-bond acceptors (Lipinski definition) is 3. The smallest absolute Gasteiger partial charge is 0.306 e. The summed E-state index contributed by atoms with van der Waals surface area (Å²) in [5.41, 5.74) is 1.17. The molecule has 0 fully saturated rings. The van der Waals surface area contributed by atoms with Gasteiger partial charge in [0.1, 0.15) is 0 Å². The Labute approximate surface area is 113 Å². The van der Waals surface area contributed by atoms with E-state index in [4.69, 9.17) is 4.74 Å². The maximum Gasteiger partial charge on any atom is 0.306 e. The van der Waals surface area contributed by atoms with Gasteiger partial charge in [-0.1, -0.05) is 32.0 Å². The third-order valence-electron chi connectivity index (χ3n) is 3.72. The maximum absolute atomic E-state index is 12.2. The Morgan fingerprint density at radius 2 is 2.05 bits per heavy atom. The number of benzene rings is 1. The van der Waals surface area contributed by atoms with Crippen molar-refractivity contribution in [2.45, 2.75) is 33.1 Å². The van der Waals surface area contributed by atoms with Gasteiger partial charge >= 0.3 is 5.97 Å². The highest BCUT2D eigenvalue weighted by Crippen LogP contribution is 2.45. The molecular formula is C15H19NO3. The third kappa shape index (κ3) is 2.48. The first kappa shape index (κ1) is 13.6. The van der Waals surface area contributed by atoms with Gasteiger partial charge in [-0.05, 0) is 18.6 Å². The zero-order valence-corrected chi connectivity index (χ0v) is 11.5. The molecule has 0 spiro atoms. The van der Waals surface area contributed by atoms with Crippen molar-refractivity contribution < 1.29 is 14.3 Å². The summed E-state index contributed by atoms with van der Waals surface area (Å²) in [6, 6.07) is 7.62. The predicted octanol–water partition coefficient (Wildman–Crippen LogP) is 2.70. The van der Waals surface area contributed by atoms with Crippen LogP contribution in [0.25, 0.3) is 0 Å². The quantitative estimate of drug-likeness (QED) is 0.851. The normalized spacial score (nSPS) is 20.4. The van der Waals surface area contributed by atoms with Crippen LogP contribution in [0.15, 0.2) is 24.3 Å². The fourth-order valence-electron chi connectivity index (χ4n) is 2.50. The lowest BCUT2D eigenvalue weighted by atomic mass is 9.70. The van der Waals surface area contributed by atoms with Gasteiger partial charge in [-0.3, -0.25) is 9.59 Å². The Bertz CT molecular complexity index is 508. The van der Waals surface area contributed by atoms with E-state index in [0.717, 1.165) is 11.3 Å². The molecule has 0 saturated carbocycles. The number of esters is 1. The molecule has 1 amide bonds. The number of para-hydroxylation sites is 1. The van der Waals surface area contributed by atoms with E-state index in [0.29, 0.717) is 6.61 Å². The van der Waals surface area contributed by atoms with Crippen LogP contribution in [0.4, 0.5) is 5.69 Å². The van der Waals surface area contributed by atoms with Crippen molar-refractivity contribution in [2.24, 2.45) is 5.41 Å². The molecule has 1 heterocycles. The van der Waals surface area contributed by atoms with Crippen LogP contribution in [0, 0.1) is 5.41 Å². The molecule has 1 N–H and O–H groups in total. The number of hydrogen-bond donors (Lipinski definition) is 1. The van der Waals surface area contributed by atoms with Gasteiger partial charge in [0.2, 0.25) is 5.91 Å². The zero-order chi connectivity index (χ0) is 14.0. The highest BCUT2D eigenvalue weighted by Gasteiger charge is 2.43. The van der Waals surface area contributed by atoms with Gasteiger partial charge in [-0.15, -0.1) is 0 Å². The molecule has 0 radical (unpaired) electrons. The van der Waals surface area contributed by atoms with Gasteiger partial charge in [0.05, 0.1) is 18.4 Å². The van der Waals surface area contributed by atoms with Crippen molar-refractivity contribution in [3.05, 3.63) is 29.8 Å². The fourth-order valence-corrected chi connectivity index (χ4v) is 2.50. The lowest BCUT2D eigenvalue weighted by molar-refractivity contribution is -0.144. The predicted molar refractivity (Wildman–Crippen MR) is 72.8 cm³/mol. The maximum atomic E-state index is 12.2. The van der Waals surface area contributed by atoms with Crippen LogP contribution in [0.3, 0.4) is 0 Å². The van der Waals surface area contributed by atoms with Crippen molar-refractivity contribution in [1.82, 2.24) is 0 Å². The number of amides is 1. The third-order valence-corrected chi connectivity index (χ3v) is 3.72. The largest absolute Gasteiger partial charge is 0.466 e. The standard InChI is InChI=1S/C15H19NO3/c1-4-19-13(17)9-11-10-7-5-6-8-12(10)16-14(18)15(11,2)3/h5-8,11H,4,9H2,1-3H3,(H,16,18). The van der Waals surface area contributed by atoms with E-state index in [1.54, 1.807) is 6.92 Å². The van der Waals surface area contributed by atoms with Gasteiger partial charge in [-0.2, -0.15) is 0 Å². The number of ether oxygens (including phenoxy) is 1. The lowest BCUT2D eigenvalue weighted by Crippen LogP contribution is -2.41. The van der Waals surface area contributed by atoms with E-state index in [9.17, 15) is 9.59 Å². The average Bonchev–Trinajstić information content (AvgIpc) is 2.36. The van der Waals surface area contributed by atoms with Crippen LogP contribution in [-0.4, -0.2) is 18.5 Å². The first-order valence-electron chi connectivity index (χ1n) is 6.52. The summed E-state index contributed by atoms with van der Waals surface area (Å²) in [5.74, 6) is -0.470. The van der Waals surface area contributed by atoms with Gasteiger partial charge < -0.3 is 10.1 Å². The monoisotopic (exact) mass is 261 g/mol. The lowest BCUT2D eigenvalue weighted by Gasteiger charge is -2.38. The highest BCUT2D eigenvalue weighted by molar-refractivity contribution is 5.99. The van der Waals surface area contributed by atoms with Crippen LogP contribution in [-0.2, 0) is 14.3 Å². The molecule has 1 unspecified atom stereocenters. The zero-order valence-electron chi connectivity index (χ0n) is 11.5. The summed E-state index contributed by atoms with van der Waals surface area (Å²) < 4.78 is 5.02. The molecule has 2 rings (SSSR count). The second kappa shape index (κ2) is 5.03. The number of carbonyl (C=O) groups is 2. The summed E-state index contributed by atoms with van der Waals surface area (Å²) in [4.78, 5) is 23.9.